The minimum atomic E-state index is 0.301. The Morgan fingerprint density at radius 1 is 0.467 bits per heavy atom. The number of fused-ring (bicyclic) bond motifs is 6. The van der Waals surface area contributed by atoms with Crippen LogP contribution in [-0.4, -0.2) is 6.71 Å². The van der Waals surface area contributed by atoms with E-state index in [1.54, 1.807) is 0 Å². The second-order valence-corrected chi connectivity index (χ2v) is 8.15. The molecule has 138 valence electrons. The zero-order valence-electron chi connectivity index (χ0n) is 16.4. The molecule has 2 heterocycles. The molecule has 0 aromatic heterocycles. The molecule has 30 heavy (non-hydrogen) atoms. The van der Waals surface area contributed by atoms with E-state index in [0.29, 0.717) is 6.71 Å². The SMILES string of the molecule is c1ccc2c(c1)B1c3ccccc3N(c3cccc4ccccc34)c3cccc-2c31. The van der Waals surface area contributed by atoms with Gasteiger partial charge in [0.1, 0.15) is 0 Å². The third kappa shape index (κ3) is 1.98. The Balaban J connectivity index is 1.61. The number of rotatable bonds is 1. The molecule has 0 bridgehead atoms. The monoisotopic (exact) mass is 379 g/mol. The Hall–Kier alpha value is -3.78. The van der Waals surface area contributed by atoms with Crippen LogP contribution in [0.1, 0.15) is 0 Å². The van der Waals surface area contributed by atoms with E-state index >= 15 is 0 Å². The van der Waals surface area contributed by atoms with Crippen molar-refractivity contribution < 1.29 is 0 Å². The molecule has 0 atom stereocenters. The van der Waals surface area contributed by atoms with Gasteiger partial charge in [-0.15, -0.1) is 0 Å². The summed E-state index contributed by atoms with van der Waals surface area (Å²) in [5.74, 6) is 0. The molecular weight excluding hydrogens is 361 g/mol. The molecule has 7 rings (SSSR count). The van der Waals surface area contributed by atoms with Gasteiger partial charge < -0.3 is 4.90 Å². The van der Waals surface area contributed by atoms with Crippen molar-refractivity contribution in [1.29, 1.82) is 0 Å². The number of hydrogen-bond acceptors (Lipinski definition) is 1. The normalized spacial score (nSPS) is 13.2. The second kappa shape index (κ2) is 5.87. The maximum Gasteiger partial charge on any atom is 0.248 e. The lowest BCUT2D eigenvalue weighted by atomic mass is 9.37. The van der Waals surface area contributed by atoms with Crippen molar-refractivity contribution in [3.05, 3.63) is 109 Å². The number of benzene rings is 5. The molecule has 0 saturated heterocycles. The predicted molar refractivity (Wildman–Crippen MR) is 129 cm³/mol. The highest BCUT2D eigenvalue weighted by Gasteiger charge is 2.41. The highest BCUT2D eigenvalue weighted by molar-refractivity contribution is 7.01. The number of para-hydroxylation sites is 1. The van der Waals surface area contributed by atoms with E-state index < -0.39 is 0 Å². The first kappa shape index (κ1) is 16.1. The predicted octanol–water partition coefficient (Wildman–Crippen LogP) is 5.12. The van der Waals surface area contributed by atoms with Crippen LogP contribution >= 0.6 is 0 Å². The van der Waals surface area contributed by atoms with Gasteiger partial charge in [-0.2, -0.15) is 0 Å². The molecule has 1 nitrogen and oxygen atoms in total. The Morgan fingerprint density at radius 2 is 1.10 bits per heavy atom. The van der Waals surface area contributed by atoms with Crippen LogP contribution in [-0.2, 0) is 0 Å². The summed E-state index contributed by atoms with van der Waals surface area (Å²) in [7, 11) is 0. The maximum atomic E-state index is 2.47. The summed E-state index contributed by atoms with van der Waals surface area (Å²) in [6.45, 7) is 0.301. The van der Waals surface area contributed by atoms with Crippen molar-refractivity contribution in [2.75, 3.05) is 4.90 Å². The van der Waals surface area contributed by atoms with Crippen molar-refractivity contribution in [3.63, 3.8) is 0 Å². The van der Waals surface area contributed by atoms with Crippen LogP contribution in [0.4, 0.5) is 17.1 Å². The smallest absolute Gasteiger partial charge is 0.248 e. The van der Waals surface area contributed by atoms with Crippen LogP contribution in [0.2, 0.25) is 0 Å². The molecule has 0 amide bonds. The van der Waals surface area contributed by atoms with Gasteiger partial charge in [-0.1, -0.05) is 96.5 Å². The summed E-state index contributed by atoms with van der Waals surface area (Å²) < 4.78 is 0. The second-order valence-electron chi connectivity index (χ2n) is 8.15. The number of nitrogens with zero attached hydrogens (tertiary/aromatic N) is 1. The maximum absolute atomic E-state index is 2.47. The first-order valence-corrected chi connectivity index (χ1v) is 10.5. The average Bonchev–Trinajstić information content (AvgIpc) is 3.15. The van der Waals surface area contributed by atoms with Crippen LogP contribution in [0.25, 0.3) is 21.9 Å². The first-order valence-electron chi connectivity index (χ1n) is 10.5. The third-order valence-corrected chi connectivity index (χ3v) is 6.67. The van der Waals surface area contributed by atoms with Gasteiger partial charge in [0, 0.05) is 16.8 Å². The summed E-state index contributed by atoms with van der Waals surface area (Å²) >= 11 is 0. The molecule has 0 aliphatic carbocycles. The highest BCUT2D eigenvalue weighted by atomic mass is 15.2. The molecule has 0 fully saturated rings. The molecule has 0 spiro atoms. The first-order chi connectivity index (χ1) is 14.9. The molecule has 0 radical (unpaired) electrons. The lowest BCUT2D eigenvalue weighted by Crippen LogP contribution is -2.54. The van der Waals surface area contributed by atoms with Crippen LogP contribution < -0.4 is 21.3 Å². The fourth-order valence-corrected chi connectivity index (χ4v) is 5.49. The molecule has 0 unspecified atom stereocenters. The van der Waals surface area contributed by atoms with Gasteiger partial charge in [-0.05, 0) is 45.6 Å². The Bertz CT molecular complexity index is 1460. The average molecular weight is 379 g/mol. The molecule has 2 aliphatic rings. The van der Waals surface area contributed by atoms with Crippen LogP contribution in [0.15, 0.2) is 109 Å². The van der Waals surface area contributed by atoms with Gasteiger partial charge >= 0.3 is 0 Å². The quantitative estimate of drug-likeness (QED) is 0.358. The molecule has 5 aromatic rings. The van der Waals surface area contributed by atoms with Crippen molar-refractivity contribution >= 4 is 50.9 Å². The summed E-state index contributed by atoms with van der Waals surface area (Å²) in [5, 5.41) is 2.55. The zero-order chi connectivity index (χ0) is 19.7. The van der Waals surface area contributed by atoms with E-state index in [2.05, 4.69) is 114 Å². The Kier molecular flexibility index (Phi) is 3.14. The van der Waals surface area contributed by atoms with E-state index in [-0.39, 0.29) is 0 Å². The Labute approximate surface area is 176 Å². The molecule has 0 saturated carbocycles. The van der Waals surface area contributed by atoms with Crippen molar-refractivity contribution in [1.82, 2.24) is 0 Å². The summed E-state index contributed by atoms with van der Waals surface area (Å²) in [4.78, 5) is 2.47. The third-order valence-electron chi connectivity index (χ3n) is 6.67. The fourth-order valence-electron chi connectivity index (χ4n) is 5.49. The van der Waals surface area contributed by atoms with Crippen LogP contribution in [0.5, 0.6) is 0 Å². The Morgan fingerprint density at radius 3 is 2.07 bits per heavy atom. The largest absolute Gasteiger partial charge is 0.311 e. The molecular formula is C28H18BN. The highest BCUT2D eigenvalue weighted by Crippen LogP contribution is 2.42. The van der Waals surface area contributed by atoms with Gasteiger partial charge in [0.05, 0.1) is 5.69 Å². The summed E-state index contributed by atoms with van der Waals surface area (Å²) in [6.07, 6.45) is 0. The standard InChI is InChI=1S/C28H18BN/c1-2-11-20-19(9-1)10-7-17-25(20)30-26-16-6-5-15-24(26)29-23-14-4-3-12-21(23)22-13-8-18-27(30)28(22)29/h1-18H. The topological polar surface area (TPSA) is 3.24 Å². The van der Waals surface area contributed by atoms with E-state index in [1.807, 2.05) is 0 Å². The number of anilines is 3. The van der Waals surface area contributed by atoms with E-state index in [0.717, 1.165) is 0 Å². The lowest BCUT2D eigenvalue weighted by Gasteiger charge is -2.36. The summed E-state index contributed by atoms with van der Waals surface area (Å²) in [5.41, 5.74) is 10.8. The van der Waals surface area contributed by atoms with Crippen molar-refractivity contribution in [2.24, 2.45) is 0 Å². The van der Waals surface area contributed by atoms with Gasteiger partial charge in [0.15, 0.2) is 0 Å². The molecule has 5 aromatic carbocycles. The van der Waals surface area contributed by atoms with E-state index in [9.17, 15) is 0 Å². The molecule has 2 aliphatic heterocycles. The number of hydrogen-bond donors (Lipinski definition) is 0. The molecule has 0 N–H and O–H groups in total. The van der Waals surface area contributed by atoms with E-state index in [1.165, 1.54) is 55.3 Å². The molecule has 2 heteroatoms. The van der Waals surface area contributed by atoms with Gasteiger partial charge in [0.2, 0.25) is 6.71 Å². The van der Waals surface area contributed by atoms with E-state index in [4.69, 9.17) is 0 Å². The fraction of sp³-hybridized carbons (Fsp3) is 0. The summed E-state index contributed by atoms with van der Waals surface area (Å²) in [6, 6.07) is 39.9. The van der Waals surface area contributed by atoms with Crippen LogP contribution in [0, 0.1) is 0 Å². The minimum absolute atomic E-state index is 0.301. The van der Waals surface area contributed by atoms with Crippen molar-refractivity contribution in [2.45, 2.75) is 0 Å². The van der Waals surface area contributed by atoms with Gasteiger partial charge in [-0.3, -0.25) is 0 Å². The van der Waals surface area contributed by atoms with Crippen LogP contribution in [0.3, 0.4) is 0 Å². The zero-order valence-corrected chi connectivity index (χ0v) is 16.4. The van der Waals surface area contributed by atoms with Crippen molar-refractivity contribution in [3.8, 4) is 11.1 Å². The minimum Gasteiger partial charge on any atom is -0.311 e. The van der Waals surface area contributed by atoms with Gasteiger partial charge in [0.25, 0.3) is 0 Å². The van der Waals surface area contributed by atoms with Gasteiger partial charge in [-0.25, -0.2) is 0 Å². The lowest BCUT2D eigenvalue weighted by molar-refractivity contribution is 1.31.